The molecule has 0 aliphatic carbocycles. The Bertz CT molecular complexity index is 379. The number of hydrogen-bond acceptors (Lipinski definition) is 3. The second-order valence-electron chi connectivity index (χ2n) is 2.25. The summed E-state index contributed by atoms with van der Waals surface area (Å²) >= 11 is 5.19. The van der Waals surface area contributed by atoms with E-state index >= 15 is 0 Å². The molecule has 0 aliphatic rings. The molecule has 8 heteroatoms. The molecular weight excluding hydrogens is 223 g/mol. The van der Waals surface area contributed by atoms with Crippen LogP contribution in [0.15, 0.2) is 6.20 Å². The number of halogens is 4. The van der Waals surface area contributed by atoms with Gasteiger partial charge in [-0.15, -0.1) is 0 Å². The van der Waals surface area contributed by atoms with Gasteiger partial charge in [-0.3, -0.25) is 4.79 Å². The van der Waals surface area contributed by atoms with Crippen molar-refractivity contribution in [1.29, 1.82) is 0 Å². The number of hydrogen-bond donors (Lipinski definition) is 1. The summed E-state index contributed by atoms with van der Waals surface area (Å²) in [7, 11) is 0. The van der Waals surface area contributed by atoms with Crippen molar-refractivity contribution in [2.45, 2.75) is 6.18 Å². The molecule has 0 aliphatic heterocycles. The van der Waals surface area contributed by atoms with Crippen LogP contribution in [0.25, 0.3) is 0 Å². The van der Waals surface area contributed by atoms with Crippen molar-refractivity contribution in [2.24, 2.45) is 5.73 Å². The average molecular weight is 226 g/mol. The first-order valence-electron chi connectivity index (χ1n) is 3.22. The Balaban J connectivity index is 3.29. The first kappa shape index (κ1) is 10.7. The Kier molecular flexibility index (Phi) is 2.61. The highest BCUT2D eigenvalue weighted by atomic mass is 35.5. The van der Waals surface area contributed by atoms with Gasteiger partial charge in [-0.25, -0.2) is 9.97 Å². The normalized spacial score (nSPS) is 11.4. The van der Waals surface area contributed by atoms with Crippen LogP contribution in [-0.2, 0) is 6.18 Å². The molecule has 0 spiro atoms. The monoisotopic (exact) mass is 225 g/mol. The first-order chi connectivity index (χ1) is 6.32. The summed E-state index contributed by atoms with van der Waals surface area (Å²) in [4.78, 5) is 16.6. The largest absolute Gasteiger partial charge is 0.434 e. The lowest BCUT2D eigenvalue weighted by Crippen LogP contribution is -2.19. The van der Waals surface area contributed by atoms with E-state index in [1.807, 2.05) is 0 Å². The zero-order valence-corrected chi connectivity index (χ0v) is 7.23. The Hall–Kier alpha value is -1.37. The average Bonchev–Trinajstić information content (AvgIpc) is 2.02. The topological polar surface area (TPSA) is 68.9 Å². The van der Waals surface area contributed by atoms with Gasteiger partial charge in [0.1, 0.15) is 0 Å². The maximum absolute atomic E-state index is 12.2. The van der Waals surface area contributed by atoms with Gasteiger partial charge in [0.2, 0.25) is 5.82 Å². The SMILES string of the molecule is NC(=O)c1ncc(Cl)c(C(F)(F)F)n1. The summed E-state index contributed by atoms with van der Waals surface area (Å²) in [5, 5.41) is -0.678. The minimum Gasteiger partial charge on any atom is -0.363 e. The van der Waals surface area contributed by atoms with Gasteiger partial charge < -0.3 is 5.73 Å². The predicted molar refractivity (Wildman–Crippen MR) is 40.6 cm³/mol. The van der Waals surface area contributed by atoms with Crippen molar-refractivity contribution >= 4 is 17.5 Å². The molecule has 0 radical (unpaired) electrons. The summed E-state index contributed by atoms with van der Waals surface area (Å²) in [5.41, 5.74) is 3.33. The molecule has 0 atom stereocenters. The molecule has 0 fully saturated rings. The third-order valence-electron chi connectivity index (χ3n) is 1.23. The fourth-order valence-corrected chi connectivity index (χ4v) is 0.883. The molecule has 1 rings (SSSR count). The van der Waals surface area contributed by atoms with Gasteiger partial charge in [-0.05, 0) is 0 Å². The molecule has 1 amide bonds. The Morgan fingerprint density at radius 2 is 2.07 bits per heavy atom. The van der Waals surface area contributed by atoms with Crippen LogP contribution >= 0.6 is 11.6 Å². The van der Waals surface area contributed by atoms with Crippen LogP contribution in [0.4, 0.5) is 13.2 Å². The highest BCUT2D eigenvalue weighted by Gasteiger charge is 2.36. The van der Waals surface area contributed by atoms with E-state index in [1.54, 1.807) is 0 Å². The highest BCUT2D eigenvalue weighted by Crippen LogP contribution is 2.32. The van der Waals surface area contributed by atoms with E-state index in [0.29, 0.717) is 6.20 Å². The summed E-state index contributed by atoms with van der Waals surface area (Å²) in [6.45, 7) is 0. The molecule has 2 N–H and O–H groups in total. The lowest BCUT2D eigenvalue weighted by molar-refractivity contribution is -0.141. The van der Waals surface area contributed by atoms with E-state index in [9.17, 15) is 18.0 Å². The number of alkyl halides is 3. The number of primary amides is 1. The Morgan fingerprint density at radius 3 is 2.50 bits per heavy atom. The third kappa shape index (κ3) is 2.11. The second-order valence-corrected chi connectivity index (χ2v) is 2.66. The van der Waals surface area contributed by atoms with Crippen LogP contribution in [-0.4, -0.2) is 15.9 Å². The lowest BCUT2D eigenvalue weighted by atomic mass is 10.4. The Morgan fingerprint density at radius 1 is 1.50 bits per heavy atom. The molecular formula is C6H3ClF3N3O. The van der Waals surface area contributed by atoms with Gasteiger partial charge in [0.15, 0.2) is 5.69 Å². The first-order valence-corrected chi connectivity index (χ1v) is 3.59. The van der Waals surface area contributed by atoms with E-state index in [2.05, 4.69) is 9.97 Å². The number of nitrogens with zero attached hydrogens (tertiary/aromatic N) is 2. The maximum atomic E-state index is 12.2. The summed E-state index contributed by atoms with van der Waals surface area (Å²) in [5.74, 6) is -1.87. The molecule has 0 aromatic carbocycles. The van der Waals surface area contributed by atoms with Gasteiger partial charge in [0.05, 0.1) is 11.2 Å². The highest BCUT2D eigenvalue weighted by molar-refractivity contribution is 6.31. The van der Waals surface area contributed by atoms with Crippen LogP contribution < -0.4 is 5.73 Å². The quantitative estimate of drug-likeness (QED) is 0.782. The smallest absolute Gasteiger partial charge is 0.363 e. The minimum absolute atomic E-state index is 0.678. The molecule has 14 heavy (non-hydrogen) atoms. The van der Waals surface area contributed by atoms with Gasteiger partial charge >= 0.3 is 6.18 Å². The van der Waals surface area contributed by atoms with Gasteiger partial charge in [-0.2, -0.15) is 13.2 Å². The standard InChI is InChI=1S/C6H3ClF3N3O/c7-2-1-12-5(4(11)14)13-3(2)6(8,9)10/h1H,(H2,11,14). The maximum Gasteiger partial charge on any atom is 0.434 e. The molecule has 0 bridgehead atoms. The predicted octanol–water partition coefficient (Wildman–Crippen LogP) is 1.25. The number of carbonyl (C=O) groups is 1. The number of nitrogens with two attached hydrogens (primary N) is 1. The van der Waals surface area contributed by atoms with E-state index in [4.69, 9.17) is 17.3 Å². The summed E-state index contributed by atoms with van der Waals surface area (Å²) in [6, 6.07) is 0. The third-order valence-corrected chi connectivity index (χ3v) is 1.51. The zero-order chi connectivity index (χ0) is 10.9. The van der Waals surface area contributed by atoms with E-state index < -0.39 is 28.6 Å². The van der Waals surface area contributed by atoms with Gasteiger partial charge in [0, 0.05) is 0 Å². The molecule has 1 aromatic rings. The van der Waals surface area contributed by atoms with Crippen LogP contribution in [0.5, 0.6) is 0 Å². The van der Waals surface area contributed by atoms with Crippen molar-refractivity contribution in [3.63, 3.8) is 0 Å². The number of rotatable bonds is 1. The van der Waals surface area contributed by atoms with Crippen molar-refractivity contribution in [1.82, 2.24) is 9.97 Å². The van der Waals surface area contributed by atoms with Crippen LogP contribution in [0, 0.1) is 0 Å². The molecule has 0 saturated carbocycles. The second kappa shape index (κ2) is 3.41. The van der Waals surface area contributed by atoms with Gasteiger partial charge in [-0.1, -0.05) is 11.6 Å². The van der Waals surface area contributed by atoms with E-state index in [0.717, 1.165) is 0 Å². The zero-order valence-electron chi connectivity index (χ0n) is 6.47. The Labute approximate surface area is 80.9 Å². The van der Waals surface area contributed by atoms with Gasteiger partial charge in [0.25, 0.3) is 5.91 Å². The summed E-state index contributed by atoms with van der Waals surface area (Å²) in [6.07, 6.45) is -4.05. The number of amides is 1. The van der Waals surface area contributed by atoms with Crippen LogP contribution in [0.2, 0.25) is 5.02 Å². The molecule has 1 heterocycles. The minimum atomic E-state index is -4.73. The van der Waals surface area contributed by atoms with E-state index in [-0.39, 0.29) is 0 Å². The van der Waals surface area contributed by atoms with Crippen LogP contribution in [0.3, 0.4) is 0 Å². The molecule has 1 aromatic heterocycles. The van der Waals surface area contributed by atoms with Crippen molar-refractivity contribution < 1.29 is 18.0 Å². The number of carbonyl (C=O) groups excluding carboxylic acids is 1. The fourth-order valence-electron chi connectivity index (χ4n) is 0.685. The van der Waals surface area contributed by atoms with Crippen molar-refractivity contribution in [3.8, 4) is 0 Å². The lowest BCUT2D eigenvalue weighted by Gasteiger charge is -2.07. The van der Waals surface area contributed by atoms with Crippen LogP contribution in [0.1, 0.15) is 16.3 Å². The fraction of sp³-hybridized carbons (Fsp3) is 0.167. The summed E-state index contributed by atoms with van der Waals surface area (Å²) < 4.78 is 36.5. The molecule has 76 valence electrons. The molecule has 0 unspecified atom stereocenters. The van der Waals surface area contributed by atoms with E-state index in [1.165, 1.54) is 0 Å². The van der Waals surface area contributed by atoms with Crippen molar-refractivity contribution in [2.75, 3.05) is 0 Å². The number of aromatic nitrogens is 2. The van der Waals surface area contributed by atoms with Crippen molar-refractivity contribution in [3.05, 3.63) is 22.7 Å². The molecule has 0 saturated heterocycles. The molecule has 4 nitrogen and oxygen atoms in total.